The van der Waals surface area contributed by atoms with E-state index in [9.17, 15) is 13.9 Å². The van der Waals surface area contributed by atoms with Crippen molar-refractivity contribution in [1.29, 1.82) is 0 Å². The van der Waals surface area contributed by atoms with Gasteiger partial charge in [-0.3, -0.25) is 0 Å². The second-order valence-electron chi connectivity index (χ2n) is 6.20. The molecular weight excluding hydrogens is 338 g/mol. The molecule has 0 heterocycles. The summed E-state index contributed by atoms with van der Waals surface area (Å²) in [6.45, 7) is 4.53. The summed E-state index contributed by atoms with van der Waals surface area (Å²) in [5.74, 6) is -0.430. The van der Waals surface area contributed by atoms with E-state index in [1.165, 1.54) is 13.2 Å². The van der Waals surface area contributed by atoms with E-state index in [-0.39, 0.29) is 11.3 Å². The van der Waals surface area contributed by atoms with Crippen molar-refractivity contribution in [1.82, 2.24) is 4.90 Å². The van der Waals surface area contributed by atoms with Crippen molar-refractivity contribution in [3.05, 3.63) is 23.3 Å². The minimum atomic E-state index is -3.79. The summed E-state index contributed by atoms with van der Waals surface area (Å²) in [7, 11) is 3.25. The Morgan fingerprint density at radius 1 is 1.46 bits per heavy atom. The Morgan fingerprint density at radius 2 is 2.08 bits per heavy atom. The fourth-order valence-electron chi connectivity index (χ4n) is 2.63. The van der Waals surface area contributed by atoms with Crippen LogP contribution in [-0.4, -0.2) is 42.4 Å². The van der Waals surface area contributed by atoms with Gasteiger partial charge in [0, 0.05) is 25.2 Å². The minimum Gasteiger partial charge on any atom is -0.496 e. The second-order valence-corrected chi connectivity index (χ2v) is 6.67. The van der Waals surface area contributed by atoms with Crippen molar-refractivity contribution >= 4 is 23.6 Å². The molecule has 0 bridgehead atoms. The van der Waals surface area contributed by atoms with Crippen LogP contribution in [0.2, 0.25) is 0 Å². The number of hydrogen-bond acceptors (Lipinski definition) is 3. The molecule has 1 aromatic carbocycles. The zero-order valence-electron chi connectivity index (χ0n) is 14.3. The maximum atomic E-state index is 14.0. The maximum absolute atomic E-state index is 14.0. The average molecular weight is 361 g/mol. The fourth-order valence-corrected chi connectivity index (χ4v) is 2.89. The summed E-state index contributed by atoms with van der Waals surface area (Å²) in [5.41, 5.74) is -1.20. The topological polar surface area (TPSA) is 45.1 Å². The molecule has 0 amide bonds. The van der Waals surface area contributed by atoms with Gasteiger partial charge in [0.1, 0.15) is 5.75 Å². The first-order valence-electron chi connectivity index (χ1n) is 7.87. The zero-order chi connectivity index (χ0) is 18.1. The van der Waals surface area contributed by atoms with Crippen molar-refractivity contribution in [3.63, 3.8) is 0 Å². The Kier molecular flexibility index (Phi) is 5.40. The molecule has 1 saturated carbocycles. The standard InChI is InChI=1S/C17H23ClF2N2O2/c1-5-22(3)10-21-14-9-15(24-4)13(8-11(14)2)16(23,12-6-7-12)17(18,19)20/h8-10,12,23H,5-7H2,1-4H3/b21-10+. The molecule has 0 radical (unpaired) electrons. The zero-order valence-corrected chi connectivity index (χ0v) is 15.1. The molecule has 1 N–H and O–H groups in total. The highest BCUT2D eigenvalue weighted by Crippen LogP contribution is 2.57. The molecule has 0 aliphatic heterocycles. The van der Waals surface area contributed by atoms with Crippen molar-refractivity contribution in [2.75, 3.05) is 20.7 Å². The van der Waals surface area contributed by atoms with Gasteiger partial charge in [0.25, 0.3) is 0 Å². The van der Waals surface area contributed by atoms with E-state index in [0.717, 1.165) is 6.54 Å². The number of nitrogens with zero attached hydrogens (tertiary/aromatic N) is 2. The van der Waals surface area contributed by atoms with Gasteiger partial charge in [0.2, 0.25) is 0 Å². The third kappa shape index (κ3) is 3.49. The van der Waals surface area contributed by atoms with Gasteiger partial charge in [0.05, 0.1) is 19.1 Å². The van der Waals surface area contributed by atoms with Gasteiger partial charge in [-0.15, -0.1) is 0 Å². The van der Waals surface area contributed by atoms with Crippen LogP contribution in [0, 0.1) is 12.8 Å². The van der Waals surface area contributed by atoms with Crippen LogP contribution < -0.4 is 4.74 Å². The summed E-state index contributed by atoms with van der Waals surface area (Å²) >= 11 is 5.28. The number of ether oxygens (including phenoxy) is 1. The molecular formula is C17H23ClF2N2O2. The lowest BCUT2D eigenvalue weighted by atomic mass is 9.86. The summed E-state index contributed by atoms with van der Waals surface area (Å²) < 4.78 is 33.3. The normalized spacial score (nSPS) is 17.8. The molecule has 0 spiro atoms. The van der Waals surface area contributed by atoms with Crippen LogP contribution in [0.4, 0.5) is 14.5 Å². The Morgan fingerprint density at radius 3 is 2.54 bits per heavy atom. The lowest BCUT2D eigenvalue weighted by Crippen LogP contribution is -2.44. The van der Waals surface area contributed by atoms with Crippen LogP contribution in [0.25, 0.3) is 0 Å². The largest absolute Gasteiger partial charge is 0.496 e. The predicted molar refractivity (Wildman–Crippen MR) is 91.6 cm³/mol. The van der Waals surface area contributed by atoms with Crippen molar-refractivity contribution in [2.24, 2.45) is 10.9 Å². The van der Waals surface area contributed by atoms with Crippen LogP contribution in [0.15, 0.2) is 17.1 Å². The van der Waals surface area contributed by atoms with Crippen LogP contribution in [0.3, 0.4) is 0 Å². The molecule has 0 aromatic heterocycles. The van der Waals surface area contributed by atoms with Gasteiger partial charge in [0.15, 0.2) is 5.60 Å². The average Bonchev–Trinajstić information content (AvgIpc) is 3.36. The molecule has 1 aliphatic carbocycles. The van der Waals surface area contributed by atoms with E-state index >= 15 is 0 Å². The lowest BCUT2D eigenvalue weighted by Gasteiger charge is -2.34. The van der Waals surface area contributed by atoms with Gasteiger partial charge in [-0.05, 0) is 55.8 Å². The first-order valence-corrected chi connectivity index (χ1v) is 8.25. The van der Waals surface area contributed by atoms with Gasteiger partial charge >= 0.3 is 5.38 Å². The third-order valence-corrected chi connectivity index (χ3v) is 4.71. The van der Waals surface area contributed by atoms with Gasteiger partial charge in [-0.25, -0.2) is 4.99 Å². The van der Waals surface area contributed by atoms with Crippen LogP contribution in [-0.2, 0) is 5.60 Å². The molecule has 0 saturated heterocycles. The molecule has 2 rings (SSSR count). The number of aliphatic imine (C=N–C) groups is 1. The molecule has 1 aromatic rings. The monoisotopic (exact) mass is 360 g/mol. The molecule has 24 heavy (non-hydrogen) atoms. The van der Waals surface area contributed by atoms with E-state index in [1.807, 2.05) is 18.9 Å². The van der Waals surface area contributed by atoms with Crippen LogP contribution >= 0.6 is 11.6 Å². The highest BCUT2D eigenvalue weighted by molar-refractivity contribution is 6.22. The summed E-state index contributed by atoms with van der Waals surface area (Å²) in [6.07, 6.45) is 2.66. The maximum Gasteiger partial charge on any atom is 0.354 e. The molecule has 4 nitrogen and oxygen atoms in total. The van der Waals surface area contributed by atoms with E-state index in [0.29, 0.717) is 24.1 Å². The second kappa shape index (κ2) is 6.84. The first kappa shape index (κ1) is 18.9. The van der Waals surface area contributed by atoms with E-state index in [4.69, 9.17) is 16.3 Å². The highest BCUT2D eigenvalue weighted by atomic mass is 35.5. The molecule has 1 unspecified atom stereocenters. The number of aliphatic hydroxyl groups is 1. The number of methoxy groups -OCH3 is 1. The number of rotatable bonds is 7. The lowest BCUT2D eigenvalue weighted by molar-refractivity contribution is -0.147. The summed E-state index contributed by atoms with van der Waals surface area (Å²) in [4.78, 5) is 6.23. The summed E-state index contributed by atoms with van der Waals surface area (Å²) in [5, 5.41) is 6.94. The molecule has 134 valence electrons. The number of halogens is 3. The van der Waals surface area contributed by atoms with Gasteiger partial charge in [-0.2, -0.15) is 8.78 Å². The van der Waals surface area contributed by atoms with Crippen LogP contribution in [0.5, 0.6) is 5.75 Å². The van der Waals surface area contributed by atoms with Gasteiger partial charge < -0.3 is 14.7 Å². The number of alkyl halides is 3. The predicted octanol–water partition coefficient (Wildman–Crippen LogP) is 4.04. The minimum absolute atomic E-state index is 0.00722. The Labute approximate surface area is 146 Å². The SMILES string of the molecule is CCN(C)/C=N/c1cc(OC)c(C(O)(C2CC2)C(F)(F)Cl)cc1C. The molecule has 1 aliphatic rings. The quantitative estimate of drug-likeness (QED) is 0.453. The Balaban J connectivity index is 2.52. The highest BCUT2D eigenvalue weighted by Gasteiger charge is 2.62. The van der Waals surface area contributed by atoms with Crippen molar-refractivity contribution < 1.29 is 18.6 Å². The Hall–Kier alpha value is -1.40. The molecule has 7 heteroatoms. The number of aryl methyl sites for hydroxylation is 1. The van der Waals surface area contributed by atoms with E-state index in [1.54, 1.807) is 19.3 Å². The number of hydrogen-bond donors (Lipinski definition) is 1. The Bertz CT molecular complexity index is 630. The summed E-state index contributed by atoms with van der Waals surface area (Å²) in [6, 6.07) is 3.05. The van der Waals surface area contributed by atoms with Gasteiger partial charge in [-0.1, -0.05) is 0 Å². The fraction of sp³-hybridized carbons (Fsp3) is 0.588. The van der Waals surface area contributed by atoms with E-state index in [2.05, 4.69) is 4.99 Å². The van der Waals surface area contributed by atoms with Crippen LogP contribution in [0.1, 0.15) is 30.9 Å². The smallest absolute Gasteiger partial charge is 0.354 e. The number of benzene rings is 1. The van der Waals surface area contributed by atoms with Crippen molar-refractivity contribution in [2.45, 2.75) is 37.7 Å². The molecule has 1 atom stereocenters. The van der Waals surface area contributed by atoms with Crippen molar-refractivity contribution in [3.8, 4) is 5.75 Å². The molecule has 1 fully saturated rings. The third-order valence-electron chi connectivity index (χ3n) is 4.42. The first-order chi connectivity index (χ1) is 11.1. The van der Waals surface area contributed by atoms with E-state index < -0.39 is 16.9 Å².